The Morgan fingerprint density at radius 1 is 1.35 bits per heavy atom. The van der Waals surface area contributed by atoms with Crippen molar-refractivity contribution in [2.45, 2.75) is 33.6 Å². The van der Waals surface area contributed by atoms with Crippen LogP contribution in [0.2, 0.25) is 0 Å². The molecule has 1 aromatic carbocycles. The molecule has 0 spiro atoms. The van der Waals surface area contributed by atoms with Crippen LogP contribution in [0, 0.1) is 26.6 Å². The Bertz CT molecular complexity index is 662. The maximum Gasteiger partial charge on any atom is 0.303 e. The summed E-state index contributed by atoms with van der Waals surface area (Å²) in [7, 11) is 0. The fraction of sp³-hybridized carbons (Fsp3) is 0.333. The Kier molecular flexibility index (Phi) is 3.88. The fourth-order valence-electron chi connectivity index (χ4n) is 2.36. The third kappa shape index (κ3) is 2.71. The molecule has 0 aliphatic heterocycles. The van der Waals surface area contributed by atoms with Gasteiger partial charge in [-0.1, -0.05) is 0 Å². The Hall–Kier alpha value is -2.17. The van der Waals surface area contributed by atoms with Crippen LogP contribution < -0.4 is 0 Å². The predicted molar refractivity (Wildman–Crippen MR) is 73.7 cm³/mol. The number of hydrogen-bond acceptors (Lipinski definition) is 2. The number of rotatable bonds is 4. The van der Waals surface area contributed by atoms with Gasteiger partial charge < -0.3 is 5.11 Å². The molecular formula is C15H17FN2O2. The van der Waals surface area contributed by atoms with Crippen LogP contribution in [-0.2, 0) is 11.2 Å². The molecule has 0 radical (unpaired) electrons. The van der Waals surface area contributed by atoms with Crippen LogP contribution in [0.25, 0.3) is 5.69 Å². The van der Waals surface area contributed by atoms with Crippen molar-refractivity contribution in [3.63, 3.8) is 0 Å². The Labute approximate surface area is 116 Å². The lowest BCUT2D eigenvalue weighted by Crippen LogP contribution is -2.03. The van der Waals surface area contributed by atoms with Crippen LogP contribution in [0.1, 0.15) is 28.9 Å². The summed E-state index contributed by atoms with van der Waals surface area (Å²) < 4.78 is 14.9. The molecule has 0 unspecified atom stereocenters. The van der Waals surface area contributed by atoms with E-state index < -0.39 is 5.97 Å². The van der Waals surface area contributed by atoms with Gasteiger partial charge in [0.15, 0.2) is 0 Å². The minimum atomic E-state index is -0.825. The van der Waals surface area contributed by atoms with E-state index in [-0.39, 0.29) is 12.2 Å². The number of aromatic nitrogens is 2. The molecular weight excluding hydrogens is 259 g/mol. The summed E-state index contributed by atoms with van der Waals surface area (Å²) in [5.74, 6) is -1.10. The van der Waals surface area contributed by atoms with Crippen LogP contribution in [0.15, 0.2) is 18.2 Å². The number of nitrogens with zero attached hydrogens (tertiary/aromatic N) is 2. The van der Waals surface area contributed by atoms with Crippen molar-refractivity contribution < 1.29 is 14.3 Å². The van der Waals surface area contributed by atoms with Gasteiger partial charge in [-0.3, -0.25) is 4.79 Å². The topological polar surface area (TPSA) is 55.1 Å². The van der Waals surface area contributed by atoms with Crippen molar-refractivity contribution in [1.29, 1.82) is 0 Å². The number of carboxylic acids is 1. The number of carbonyl (C=O) groups is 1. The maximum absolute atomic E-state index is 13.2. The van der Waals surface area contributed by atoms with Gasteiger partial charge >= 0.3 is 5.97 Å². The average Bonchev–Trinajstić information content (AvgIpc) is 2.62. The molecule has 4 nitrogen and oxygen atoms in total. The summed E-state index contributed by atoms with van der Waals surface area (Å²) in [6, 6.07) is 4.55. The van der Waals surface area contributed by atoms with E-state index in [0.717, 1.165) is 28.2 Å². The highest BCUT2D eigenvalue weighted by molar-refractivity contribution is 5.67. The maximum atomic E-state index is 13.2. The average molecular weight is 276 g/mol. The van der Waals surface area contributed by atoms with Crippen molar-refractivity contribution in [3.05, 3.63) is 46.5 Å². The molecule has 1 N–H and O–H groups in total. The fourth-order valence-corrected chi connectivity index (χ4v) is 2.36. The minimum absolute atomic E-state index is 0.0791. The van der Waals surface area contributed by atoms with Crippen LogP contribution in [0.4, 0.5) is 4.39 Å². The molecule has 0 atom stereocenters. The second kappa shape index (κ2) is 5.45. The van der Waals surface area contributed by atoms with E-state index in [1.807, 2.05) is 20.8 Å². The number of aryl methyl sites for hydroxylation is 2. The number of hydrogen-bond donors (Lipinski definition) is 1. The SMILES string of the molecule is Cc1cc(F)ccc1-n1nc(C)c(CCC(=O)O)c1C. The van der Waals surface area contributed by atoms with Gasteiger partial charge in [0.05, 0.1) is 11.4 Å². The summed E-state index contributed by atoms with van der Waals surface area (Å²) in [6.45, 7) is 5.59. The third-order valence-electron chi connectivity index (χ3n) is 3.42. The second-order valence-electron chi connectivity index (χ2n) is 4.89. The van der Waals surface area contributed by atoms with Crippen LogP contribution in [0.5, 0.6) is 0 Å². The molecule has 0 saturated carbocycles. The van der Waals surface area contributed by atoms with E-state index in [4.69, 9.17) is 5.11 Å². The Morgan fingerprint density at radius 2 is 2.05 bits per heavy atom. The first-order valence-corrected chi connectivity index (χ1v) is 6.43. The number of halogens is 1. The van der Waals surface area contributed by atoms with Crippen molar-refractivity contribution in [3.8, 4) is 5.69 Å². The van der Waals surface area contributed by atoms with Crippen LogP contribution in [-0.4, -0.2) is 20.9 Å². The number of carboxylic acid groups (broad SMARTS) is 1. The molecule has 0 aliphatic carbocycles. The van der Waals surface area contributed by atoms with Crippen LogP contribution >= 0.6 is 0 Å². The van der Waals surface area contributed by atoms with Gasteiger partial charge in [-0.25, -0.2) is 9.07 Å². The summed E-state index contributed by atoms with van der Waals surface area (Å²) in [5.41, 5.74) is 4.26. The monoisotopic (exact) mass is 276 g/mol. The zero-order valence-corrected chi connectivity index (χ0v) is 11.8. The molecule has 0 saturated heterocycles. The highest BCUT2D eigenvalue weighted by atomic mass is 19.1. The van der Waals surface area contributed by atoms with Gasteiger partial charge in [0.2, 0.25) is 0 Å². The minimum Gasteiger partial charge on any atom is -0.481 e. The normalized spacial score (nSPS) is 10.8. The molecule has 2 rings (SSSR count). The van der Waals surface area contributed by atoms with E-state index in [9.17, 15) is 9.18 Å². The van der Waals surface area contributed by atoms with Gasteiger partial charge in [0, 0.05) is 12.1 Å². The molecule has 2 aromatic rings. The first kappa shape index (κ1) is 14.2. The van der Waals surface area contributed by atoms with Crippen molar-refractivity contribution in [2.75, 3.05) is 0 Å². The lowest BCUT2D eigenvalue weighted by atomic mass is 10.1. The molecule has 5 heteroatoms. The summed E-state index contributed by atoms with van der Waals surface area (Å²) in [6.07, 6.45) is 0.531. The van der Waals surface area contributed by atoms with Gasteiger partial charge in [0.25, 0.3) is 0 Å². The molecule has 20 heavy (non-hydrogen) atoms. The quantitative estimate of drug-likeness (QED) is 0.934. The zero-order chi connectivity index (χ0) is 14.9. The first-order valence-electron chi connectivity index (χ1n) is 6.43. The summed E-state index contributed by atoms with van der Waals surface area (Å²) in [5, 5.41) is 13.2. The van der Waals surface area contributed by atoms with Crippen molar-refractivity contribution >= 4 is 5.97 Å². The molecule has 0 amide bonds. The highest BCUT2D eigenvalue weighted by Gasteiger charge is 2.15. The van der Waals surface area contributed by atoms with E-state index in [2.05, 4.69) is 5.10 Å². The molecule has 0 bridgehead atoms. The largest absolute Gasteiger partial charge is 0.481 e. The third-order valence-corrected chi connectivity index (χ3v) is 3.42. The molecule has 0 aliphatic rings. The Balaban J connectivity index is 2.43. The molecule has 106 valence electrons. The van der Waals surface area contributed by atoms with Gasteiger partial charge in [-0.2, -0.15) is 5.10 Å². The molecule has 1 heterocycles. The smallest absolute Gasteiger partial charge is 0.303 e. The van der Waals surface area contributed by atoms with Gasteiger partial charge in [-0.05, 0) is 56.5 Å². The van der Waals surface area contributed by atoms with Gasteiger partial charge in [0.1, 0.15) is 5.82 Å². The van der Waals surface area contributed by atoms with E-state index in [0.29, 0.717) is 6.42 Å². The first-order chi connectivity index (χ1) is 9.40. The van der Waals surface area contributed by atoms with Crippen LogP contribution in [0.3, 0.4) is 0 Å². The van der Waals surface area contributed by atoms with Gasteiger partial charge in [-0.15, -0.1) is 0 Å². The van der Waals surface area contributed by atoms with Crippen molar-refractivity contribution in [1.82, 2.24) is 9.78 Å². The summed E-state index contributed by atoms with van der Waals surface area (Å²) >= 11 is 0. The summed E-state index contributed by atoms with van der Waals surface area (Å²) in [4.78, 5) is 10.7. The lowest BCUT2D eigenvalue weighted by molar-refractivity contribution is -0.136. The number of aliphatic carboxylic acids is 1. The predicted octanol–water partition coefficient (Wildman–Crippen LogP) is 2.95. The molecule has 1 aromatic heterocycles. The Morgan fingerprint density at radius 3 is 2.65 bits per heavy atom. The van der Waals surface area contributed by atoms with E-state index in [1.165, 1.54) is 12.1 Å². The van der Waals surface area contributed by atoms with E-state index >= 15 is 0 Å². The number of benzene rings is 1. The lowest BCUT2D eigenvalue weighted by Gasteiger charge is -2.08. The standard InChI is InChI=1S/C15H17FN2O2/c1-9-8-12(16)4-6-14(9)18-11(3)13(10(2)17-18)5-7-15(19)20/h4,6,8H,5,7H2,1-3H3,(H,19,20). The van der Waals surface area contributed by atoms with Crippen molar-refractivity contribution in [2.24, 2.45) is 0 Å². The second-order valence-corrected chi connectivity index (χ2v) is 4.89. The molecule has 0 fully saturated rings. The zero-order valence-electron chi connectivity index (χ0n) is 11.8. The van der Waals surface area contributed by atoms with E-state index in [1.54, 1.807) is 10.7 Å². The highest BCUT2D eigenvalue weighted by Crippen LogP contribution is 2.22.